The van der Waals surface area contributed by atoms with Crippen molar-refractivity contribution in [1.82, 2.24) is 4.31 Å². The molecule has 0 unspecified atom stereocenters. The second-order valence-corrected chi connectivity index (χ2v) is 9.14. The molecule has 1 amide bonds. The van der Waals surface area contributed by atoms with Crippen LogP contribution in [0.1, 0.15) is 23.2 Å². The molecule has 0 saturated carbocycles. The van der Waals surface area contributed by atoms with Gasteiger partial charge in [-0.05, 0) is 55.3 Å². The van der Waals surface area contributed by atoms with Gasteiger partial charge in [0.15, 0.2) is 6.61 Å². The maximum Gasteiger partial charge on any atom is 0.338 e. The first-order valence-electron chi connectivity index (χ1n) is 8.79. The maximum atomic E-state index is 12.7. The number of nitrogens with zero attached hydrogens (tertiary/aromatic N) is 1. The molecule has 0 bridgehead atoms. The number of halogens is 2. The number of carbonyl (C=O) groups is 2. The number of hydrogen-bond donors (Lipinski definition) is 1. The SMILES string of the molecule is O=C(COC(=O)c1ccc(Cl)c(S(=O)(=O)N2CCCC2)c1)Nc1ccc(Cl)cc1. The monoisotopic (exact) mass is 456 g/mol. The maximum absolute atomic E-state index is 12.7. The third kappa shape index (κ3) is 5.27. The van der Waals surface area contributed by atoms with Gasteiger partial charge in [-0.15, -0.1) is 0 Å². The van der Waals surface area contributed by atoms with Crippen molar-refractivity contribution in [2.45, 2.75) is 17.7 Å². The zero-order valence-electron chi connectivity index (χ0n) is 15.2. The molecule has 1 heterocycles. The molecule has 1 aliphatic heterocycles. The number of sulfonamides is 1. The molecule has 0 aliphatic carbocycles. The number of benzene rings is 2. The number of hydrogen-bond acceptors (Lipinski definition) is 5. The number of ether oxygens (including phenoxy) is 1. The fraction of sp³-hybridized carbons (Fsp3) is 0.263. The van der Waals surface area contributed by atoms with Crippen molar-refractivity contribution in [1.29, 1.82) is 0 Å². The summed E-state index contributed by atoms with van der Waals surface area (Å²) in [7, 11) is -3.80. The van der Waals surface area contributed by atoms with E-state index in [1.165, 1.54) is 22.5 Å². The molecule has 0 spiro atoms. The number of nitrogens with one attached hydrogen (secondary N) is 1. The molecular formula is C19H18Cl2N2O5S. The van der Waals surface area contributed by atoms with E-state index in [1.807, 2.05) is 0 Å². The molecule has 0 radical (unpaired) electrons. The van der Waals surface area contributed by atoms with Crippen LogP contribution in [-0.2, 0) is 19.6 Å². The molecule has 10 heteroatoms. The van der Waals surface area contributed by atoms with Crippen molar-refractivity contribution in [2.24, 2.45) is 0 Å². The van der Waals surface area contributed by atoms with Crippen LogP contribution in [0.3, 0.4) is 0 Å². The number of anilines is 1. The van der Waals surface area contributed by atoms with Crippen molar-refractivity contribution < 1.29 is 22.7 Å². The van der Waals surface area contributed by atoms with Crippen LogP contribution in [0.4, 0.5) is 5.69 Å². The Morgan fingerprint density at radius 3 is 2.34 bits per heavy atom. The van der Waals surface area contributed by atoms with Crippen LogP contribution >= 0.6 is 23.2 Å². The van der Waals surface area contributed by atoms with Crippen molar-refractivity contribution in [2.75, 3.05) is 25.0 Å². The highest BCUT2D eigenvalue weighted by Crippen LogP contribution is 2.28. The summed E-state index contributed by atoms with van der Waals surface area (Å²) in [4.78, 5) is 24.1. The van der Waals surface area contributed by atoms with E-state index >= 15 is 0 Å². The van der Waals surface area contributed by atoms with E-state index in [-0.39, 0.29) is 15.5 Å². The van der Waals surface area contributed by atoms with E-state index in [9.17, 15) is 18.0 Å². The van der Waals surface area contributed by atoms with Crippen LogP contribution in [0.2, 0.25) is 10.0 Å². The Kier molecular flexibility index (Phi) is 6.79. The fourth-order valence-electron chi connectivity index (χ4n) is 2.84. The highest BCUT2D eigenvalue weighted by atomic mass is 35.5. The number of rotatable bonds is 6. The van der Waals surface area contributed by atoms with Gasteiger partial charge in [-0.1, -0.05) is 23.2 Å². The fourth-order valence-corrected chi connectivity index (χ4v) is 4.98. The second kappa shape index (κ2) is 9.13. The van der Waals surface area contributed by atoms with Crippen LogP contribution in [0.5, 0.6) is 0 Å². The average Bonchev–Trinajstić information content (AvgIpc) is 3.24. The largest absolute Gasteiger partial charge is 0.452 e. The highest BCUT2D eigenvalue weighted by molar-refractivity contribution is 7.89. The minimum absolute atomic E-state index is 0.00790. The molecule has 1 N–H and O–H groups in total. The first-order chi connectivity index (χ1) is 13.8. The van der Waals surface area contributed by atoms with Crippen molar-refractivity contribution in [3.05, 3.63) is 58.1 Å². The molecule has 154 valence electrons. The van der Waals surface area contributed by atoms with Gasteiger partial charge >= 0.3 is 5.97 Å². The number of carbonyl (C=O) groups excluding carboxylic acids is 2. The molecule has 29 heavy (non-hydrogen) atoms. The Balaban J connectivity index is 1.66. The van der Waals surface area contributed by atoms with Crippen molar-refractivity contribution in [3.8, 4) is 0 Å². The lowest BCUT2D eigenvalue weighted by Gasteiger charge is -2.17. The number of amides is 1. The van der Waals surface area contributed by atoms with Crippen LogP contribution in [0.15, 0.2) is 47.4 Å². The Morgan fingerprint density at radius 2 is 1.69 bits per heavy atom. The number of esters is 1. The van der Waals surface area contributed by atoms with Gasteiger partial charge in [0.1, 0.15) is 4.90 Å². The van der Waals surface area contributed by atoms with Gasteiger partial charge in [0.05, 0.1) is 10.6 Å². The minimum atomic E-state index is -3.80. The predicted molar refractivity (Wildman–Crippen MR) is 110 cm³/mol. The summed E-state index contributed by atoms with van der Waals surface area (Å²) in [6.45, 7) is 0.300. The van der Waals surface area contributed by atoms with Gasteiger partial charge in [-0.2, -0.15) is 4.31 Å². The van der Waals surface area contributed by atoms with Gasteiger partial charge in [0.25, 0.3) is 5.91 Å². The molecule has 0 atom stereocenters. The van der Waals surface area contributed by atoms with Crippen LogP contribution in [-0.4, -0.2) is 44.3 Å². The molecular weight excluding hydrogens is 439 g/mol. The summed E-state index contributed by atoms with van der Waals surface area (Å²) in [5.41, 5.74) is 0.493. The summed E-state index contributed by atoms with van der Waals surface area (Å²) < 4.78 is 31.8. The van der Waals surface area contributed by atoms with E-state index in [4.69, 9.17) is 27.9 Å². The third-order valence-electron chi connectivity index (χ3n) is 4.31. The van der Waals surface area contributed by atoms with E-state index in [1.54, 1.807) is 24.3 Å². The summed E-state index contributed by atoms with van der Waals surface area (Å²) in [5, 5.41) is 3.11. The lowest BCUT2D eigenvalue weighted by atomic mass is 10.2. The average molecular weight is 457 g/mol. The molecule has 1 saturated heterocycles. The molecule has 7 nitrogen and oxygen atoms in total. The summed E-state index contributed by atoms with van der Waals surface area (Å²) >= 11 is 11.8. The van der Waals surface area contributed by atoms with Crippen LogP contribution in [0.25, 0.3) is 0 Å². The van der Waals surface area contributed by atoms with E-state index in [0.717, 1.165) is 12.8 Å². The predicted octanol–water partition coefficient (Wildman–Crippen LogP) is 3.57. The summed E-state index contributed by atoms with van der Waals surface area (Å²) in [6, 6.07) is 10.3. The molecule has 3 rings (SSSR count). The molecule has 1 aliphatic rings. The van der Waals surface area contributed by atoms with Crippen molar-refractivity contribution in [3.63, 3.8) is 0 Å². The quantitative estimate of drug-likeness (QED) is 0.670. The molecule has 2 aromatic carbocycles. The summed E-state index contributed by atoms with van der Waals surface area (Å²) in [6.07, 6.45) is 1.56. The summed E-state index contributed by atoms with van der Waals surface area (Å²) in [5.74, 6) is -1.37. The Hall–Kier alpha value is -2.13. The Morgan fingerprint density at radius 1 is 1.03 bits per heavy atom. The van der Waals surface area contributed by atoms with Gasteiger partial charge < -0.3 is 10.1 Å². The molecule has 0 aromatic heterocycles. The smallest absolute Gasteiger partial charge is 0.338 e. The zero-order valence-corrected chi connectivity index (χ0v) is 17.6. The lowest BCUT2D eigenvalue weighted by molar-refractivity contribution is -0.119. The molecule has 2 aromatic rings. The van der Waals surface area contributed by atoms with E-state index in [0.29, 0.717) is 23.8 Å². The topological polar surface area (TPSA) is 92.8 Å². The Bertz CT molecular complexity index is 1020. The Labute approximate surface area is 178 Å². The normalized spacial score (nSPS) is 14.6. The second-order valence-electron chi connectivity index (χ2n) is 6.39. The van der Waals surface area contributed by atoms with Gasteiger partial charge in [-0.25, -0.2) is 13.2 Å². The van der Waals surface area contributed by atoms with Crippen molar-refractivity contribution >= 4 is 50.8 Å². The van der Waals surface area contributed by atoms with Crippen LogP contribution in [0, 0.1) is 0 Å². The van der Waals surface area contributed by atoms with Gasteiger partial charge in [0, 0.05) is 23.8 Å². The lowest BCUT2D eigenvalue weighted by Crippen LogP contribution is -2.28. The first-order valence-corrected chi connectivity index (χ1v) is 11.0. The van der Waals surface area contributed by atoms with E-state index in [2.05, 4.69) is 5.32 Å². The zero-order chi connectivity index (χ0) is 21.0. The minimum Gasteiger partial charge on any atom is -0.452 e. The van der Waals surface area contributed by atoms with Crippen LogP contribution < -0.4 is 5.32 Å². The standard InChI is InChI=1S/C19H18Cl2N2O5S/c20-14-4-6-15(7-5-14)22-18(24)12-28-19(25)13-3-8-16(21)17(11-13)29(26,27)23-9-1-2-10-23/h3-8,11H,1-2,9-10,12H2,(H,22,24). The van der Waals surface area contributed by atoms with Gasteiger partial charge in [-0.3, -0.25) is 4.79 Å². The molecule has 1 fully saturated rings. The first kappa shape index (κ1) is 21.6. The third-order valence-corrected chi connectivity index (χ3v) is 6.94. The van der Waals surface area contributed by atoms with Gasteiger partial charge in [0.2, 0.25) is 10.0 Å². The van der Waals surface area contributed by atoms with E-state index < -0.39 is 28.5 Å². The highest BCUT2D eigenvalue weighted by Gasteiger charge is 2.30.